The number of fused-ring (bicyclic) bond motifs is 1. The van der Waals surface area contributed by atoms with Crippen molar-refractivity contribution in [2.24, 2.45) is 4.99 Å². The molecule has 0 bridgehead atoms. The van der Waals surface area contributed by atoms with E-state index in [1.807, 2.05) is 0 Å². The predicted octanol–water partition coefficient (Wildman–Crippen LogP) is 2.11. The molecule has 0 atom stereocenters. The molecule has 16 heavy (non-hydrogen) atoms. The number of hydrogen-bond donors (Lipinski definition) is 0. The molecule has 0 radical (unpaired) electrons. The van der Waals surface area contributed by atoms with E-state index < -0.39 is 6.05 Å². The maximum absolute atomic E-state index is 13.4. The van der Waals surface area contributed by atoms with E-state index in [4.69, 9.17) is 9.47 Å². The molecule has 0 spiro atoms. The van der Waals surface area contributed by atoms with Gasteiger partial charge in [0.25, 0.3) is 0 Å². The first-order chi connectivity index (χ1) is 7.54. The summed E-state index contributed by atoms with van der Waals surface area (Å²) in [4.78, 5) is 12.4. The average molecular weight is 227 g/mol. The molecule has 2 rings (SSSR count). The number of rotatable bonds is 2. The first-order valence-electron chi connectivity index (χ1n) is 4.42. The number of isocyanates is 1. The van der Waals surface area contributed by atoms with Crippen LogP contribution < -0.4 is 9.47 Å². The Labute approximate surface area is 89.5 Å². The molecule has 0 amide bonds. The van der Waals surface area contributed by atoms with E-state index in [2.05, 4.69) is 4.99 Å². The third-order valence-electron chi connectivity index (χ3n) is 2.23. The number of halogens is 2. The lowest BCUT2D eigenvalue weighted by Crippen LogP contribution is -2.11. The summed E-state index contributed by atoms with van der Waals surface area (Å²) in [5.41, 5.74) is -0.117. The molecule has 0 aliphatic carbocycles. The second-order valence-electron chi connectivity index (χ2n) is 3.26. The fourth-order valence-corrected chi connectivity index (χ4v) is 1.49. The van der Waals surface area contributed by atoms with Crippen LogP contribution >= 0.6 is 0 Å². The summed E-state index contributed by atoms with van der Waals surface area (Å²) >= 11 is 0. The van der Waals surface area contributed by atoms with Crippen molar-refractivity contribution >= 4 is 6.08 Å². The van der Waals surface area contributed by atoms with E-state index in [0.717, 1.165) is 12.1 Å². The minimum absolute atomic E-state index is 0.000741. The predicted molar refractivity (Wildman–Crippen MR) is 49.3 cm³/mol. The Balaban J connectivity index is 2.53. The number of aliphatic imine (C=N–C) groups is 1. The Hall–Kier alpha value is -1.94. The fraction of sp³-hybridized carbons (Fsp3) is 0.300. The molecule has 84 valence electrons. The summed E-state index contributed by atoms with van der Waals surface area (Å²) in [6.45, 7) is 1.48. The maximum Gasteiger partial charge on any atom is 0.379 e. The molecule has 0 saturated carbocycles. The largest absolute Gasteiger partial charge is 0.454 e. The van der Waals surface area contributed by atoms with Gasteiger partial charge >= 0.3 is 6.05 Å². The van der Waals surface area contributed by atoms with Crippen LogP contribution in [-0.4, -0.2) is 12.9 Å². The quantitative estimate of drug-likeness (QED) is 0.441. The van der Waals surface area contributed by atoms with Gasteiger partial charge in [0.05, 0.1) is 5.56 Å². The molecule has 1 aromatic rings. The highest BCUT2D eigenvalue weighted by Gasteiger charge is 2.34. The number of nitrogens with zero attached hydrogens (tertiary/aromatic N) is 1. The number of alkyl halides is 2. The van der Waals surface area contributed by atoms with Crippen molar-refractivity contribution in [2.75, 3.05) is 6.79 Å². The van der Waals surface area contributed by atoms with Gasteiger partial charge < -0.3 is 9.47 Å². The first-order valence-corrected chi connectivity index (χ1v) is 4.42. The van der Waals surface area contributed by atoms with Crippen molar-refractivity contribution in [1.29, 1.82) is 0 Å². The number of carbonyl (C=O) groups excluding carboxylic acids is 1. The van der Waals surface area contributed by atoms with Gasteiger partial charge in [0.1, 0.15) is 0 Å². The standard InChI is InChI=1S/C10H7F2NO3/c1-6-2-8-9(16-5-15-8)3-7(6)10(11,12)13-4-14/h2-3H,5H2,1H3. The molecule has 1 aliphatic heterocycles. The molecule has 0 fully saturated rings. The lowest BCUT2D eigenvalue weighted by molar-refractivity contribution is 0.00536. The Morgan fingerprint density at radius 2 is 2.00 bits per heavy atom. The summed E-state index contributed by atoms with van der Waals surface area (Å²) in [5.74, 6) is 0.633. The van der Waals surface area contributed by atoms with Crippen molar-refractivity contribution in [3.8, 4) is 11.5 Å². The van der Waals surface area contributed by atoms with Crippen LogP contribution in [0.2, 0.25) is 0 Å². The van der Waals surface area contributed by atoms with Crippen molar-refractivity contribution in [3.05, 3.63) is 23.3 Å². The molecule has 0 aromatic heterocycles. The van der Waals surface area contributed by atoms with Gasteiger partial charge in [-0.25, -0.2) is 4.79 Å². The van der Waals surface area contributed by atoms with Gasteiger partial charge in [-0.15, -0.1) is 4.99 Å². The number of hydrogen-bond acceptors (Lipinski definition) is 4. The Morgan fingerprint density at radius 1 is 1.38 bits per heavy atom. The van der Waals surface area contributed by atoms with E-state index in [1.54, 1.807) is 0 Å². The Morgan fingerprint density at radius 3 is 2.62 bits per heavy atom. The molecule has 0 N–H and O–H groups in total. The molecule has 1 heterocycles. The van der Waals surface area contributed by atoms with Crippen LogP contribution in [-0.2, 0) is 10.8 Å². The van der Waals surface area contributed by atoms with E-state index in [1.165, 1.54) is 13.0 Å². The molecule has 6 heteroatoms. The zero-order chi connectivity index (χ0) is 11.8. The summed E-state index contributed by atoms with van der Waals surface area (Å²) in [6.07, 6.45) is 0.854. The van der Waals surface area contributed by atoms with E-state index >= 15 is 0 Å². The summed E-state index contributed by atoms with van der Waals surface area (Å²) < 4.78 is 36.7. The lowest BCUT2D eigenvalue weighted by Gasteiger charge is -2.12. The highest BCUT2D eigenvalue weighted by molar-refractivity contribution is 5.50. The third-order valence-corrected chi connectivity index (χ3v) is 2.23. The van der Waals surface area contributed by atoms with Crippen LogP contribution in [0.3, 0.4) is 0 Å². The highest BCUT2D eigenvalue weighted by Crippen LogP contribution is 2.40. The minimum atomic E-state index is -3.59. The lowest BCUT2D eigenvalue weighted by atomic mass is 10.1. The Bertz CT molecular complexity index is 481. The van der Waals surface area contributed by atoms with Crippen molar-refractivity contribution in [3.63, 3.8) is 0 Å². The molecular formula is C10H7F2NO3. The highest BCUT2D eigenvalue weighted by atomic mass is 19.3. The number of benzene rings is 1. The van der Waals surface area contributed by atoms with Crippen molar-refractivity contribution < 1.29 is 23.0 Å². The summed E-state index contributed by atoms with van der Waals surface area (Å²) in [5, 5.41) is 0. The van der Waals surface area contributed by atoms with Gasteiger partial charge in [0.15, 0.2) is 11.5 Å². The van der Waals surface area contributed by atoms with Crippen LogP contribution in [0.4, 0.5) is 8.78 Å². The molecule has 4 nitrogen and oxygen atoms in total. The van der Waals surface area contributed by atoms with Gasteiger partial charge in [-0.2, -0.15) is 8.78 Å². The van der Waals surface area contributed by atoms with Crippen LogP contribution in [0.5, 0.6) is 11.5 Å². The third kappa shape index (κ3) is 1.63. The molecule has 1 aliphatic rings. The molecule has 0 unspecified atom stereocenters. The SMILES string of the molecule is Cc1cc2c(cc1C(F)(F)N=C=O)OCO2. The van der Waals surface area contributed by atoms with Crippen molar-refractivity contribution in [1.82, 2.24) is 0 Å². The van der Waals surface area contributed by atoms with Gasteiger partial charge in [-0.05, 0) is 24.6 Å². The van der Waals surface area contributed by atoms with Crippen LogP contribution in [0.15, 0.2) is 17.1 Å². The zero-order valence-electron chi connectivity index (χ0n) is 8.29. The normalized spacial score (nSPS) is 13.4. The van der Waals surface area contributed by atoms with Crippen molar-refractivity contribution in [2.45, 2.75) is 13.0 Å². The van der Waals surface area contributed by atoms with Gasteiger partial charge in [0.2, 0.25) is 12.9 Å². The number of aryl methyl sites for hydroxylation is 1. The second kappa shape index (κ2) is 3.57. The molecular weight excluding hydrogens is 220 g/mol. The first kappa shape index (κ1) is 10.6. The smallest absolute Gasteiger partial charge is 0.379 e. The van der Waals surface area contributed by atoms with E-state index in [0.29, 0.717) is 5.75 Å². The monoisotopic (exact) mass is 227 g/mol. The van der Waals surface area contributed by atoms with Gasteiger partial charge in [-0.1, -0.05) is 0 Å². The zero-order valence-corrected chi connectivity index (χ0v) is 8.29. The average Bonchev–Trinajstić information content (AvgIpc) is 2.63. The van der Waals surface area contributed by atoms with Crippen LogP contribution in [0, 0.1) is 6.92 Å². The van der Waals surface area contributed by atoms with Gasteiger partial charge in [0, 0.05) is 0 Å². The fourth-order valence-electron chi connectivity index (χ4n) is 1.49. The van der Waals surface area contributed by atoms with Crippen LogP contribution in [0.1, 0.15) is 11.1 Å². The van der Waals surface area contributed by atoms with Crippen LogP contribution in [0.25, 0.3) is 0 Å². The van der Waals surface area contributed by atoms with E-state index in [9.17, 15) is 13.6 Å². The maximum atomic E-state index is 13.4. The molecule has 0 saturated heterocycles. The minimum Gasteiger partial charge on any atom is -0.454 e. The summed E-state index contributed by atoms with van der Waals surface area (Å²) in [7, 11) is 0. The number of ether oxygens (including phenoxy) is 2. The summed E-state index contributed by atoms with van der Waals surface area (Å²) in [6, 6.07) is -1.04. The van der Waals surface area contributed by atoms with E-state index in [-0.39, 0.29) is 23.7 Å². The Kier molecular flexibility index (Phi) is 2.36. The van der Waals surface area contributed by atoms with Gasteiger partial charge in [-0.3, -0.25) is 0 Å². The topological polar surface area (TPSA) is 47.9 Å². The molecule has 1 aromatic carbocycles. The second-order valence-corrected chi connectivity index (χ2v) is 3.26.